The third-order valence-corrected chi connectivity index (χ3v) is 10.7. The van der Waals surface area contributed by atoms with Crippen LogP contribution in [0.3, 0.4) is 0 Å². The Morgan fingerprint density at radius 2 is 1.79 bits per heavy atom. The van der Waals surface area contributed by atoms with E-state index in [1.807, 2.05) is 0 Å². The maximum absolute atomic E-state index is 13.8. The number of rotatable bonds is 7. The van der Waals surface area contributed by atoms with Crippen LogP contribution in [-0.2, 0) is 16.3 Å². The molecule has 1 heterocycles. The number of aliphatic hydroxyl groups excluding tert-OH is 1. The molecule has 5 atom stereocenters. The van der Waals surface area contributed by atoms with Crippen molar-refractivity contribution in [1.82, 2.24) is 4.98 Å². The number of sulfone groups is 1. The van der Waals surface area contributed by atoms with Gasteiger partial charge in [0.2, 0.25) is 0 Å². The summed E-state index contributed by atoms with van der Waals surface area (Å²) in [6.45, 7) is 0. The van der Waals surface area contributed by atoms with Crippen molar-refractivity contribution in [2.45, 2.75) is 54.0 Å². The van der Waals surface area contributed by atoms with Gasteiger partial charge in [-0.05, 0) is 80.0 Å². The van der Waals surface area contributed by atoms with Gasteiger partial charge in [0.15, 0.2) is 21.5 Å². The molecule has 206 valence electrons. The molecular weight excluding hydrogens is 550 g/mol. The van der Waals surface area contributed by atoms with E-state index in [0.717, 1.165) is 12.1 Å². The third kappa shape index (κ3) is 5.18. The predicted octanol–water partition coefficient (Wildman–Crippen LogP) is 4.56. The lowest BCUT2D eigenvalue weighted by Gasteiger charge is -2.45. The molecule has 4 unspecified atom stereocenters. The SMILES string of the molecule is O=C(Nc1ccc(F)c(F)c1)c1ccc(Cl)c(S(=O)(=O)C2CC3CC[C@@H](C2)C3(O)C(O)Cc2ccccn2)c1. The third-order valence-electron chi connectivity index (χ3n) is 8.05. The van der Waals surface area contributed by atoms with Crippen LogP contribution in [0.15, 0.2) is 65.7 Å². The Bertz CT molecular complexity index is 1490. The van der Waals surface area contributed by atoms with Crippen molar-refractivity contribution in [2.24, 2.45) is 11.8 Å². The number of anilines is 1. The van der Waals surface area contributed by atoms with E-state index >= 15 is 0 Å². The Morgan fingerprint density at radius 3 is 2.44 bits per heavy atom. The predicted molar refractivity (Wildman–Crippen MR) is 141 cm³/mol. The molecule has 0 radical (unpaired) electrons. The van der Waals surface area contributed by atoms with Crippen molar-refractivity contribution in [3.05, 3.63) is 88.7 Å². The molecule has 2 fully saturated rings. The average Bonchev–Trinajstić information content (AvgIpc) is 3.07. The van der Waals surface area contributed by atoms with Crippen LogP contribution in [0, 0.1) is 23.5 Å². The molecule has 0 spiro atoms. The van der Waals surface area contributed by atoms with Crippen LogP contribution in [0.2, 0.25) is 5.02 Å². The summed E-state index contributed by atoms with van der Waals surface area (Å²) in [6.07, 6.45) is 2.10. The Kier molecular flexibility index (Phi) is 7.49. The fourth-order valence-electron chi connectivity index (χ4n) is 6.04. The molecule has 2 aliphatic rings. The molecule has 2 aliphatic carbocycles. The first kappa shape index (κ1) is 27.6. The zero-order valence-electron chi connectivity index (χ0n) is 20.7. The summed E-state index contributed by atoms with van der Waals surface area (Å²) >= 11 is 6.29. The lowest BCUT2D eigenvalue weighted by molar-refractivity contribution is -0.141. The number of aromatic nitrogens is 1. The Labute approximate surface area is 229 Å². The molecule has 2 bridgehead atoms. The van der Waals surface area contributed by atoms with Gasteiger partial charge in [-0.1, -0.05) is 17.7 Å². The summed E-state index contributed by atoms with van der Waals surface area (Å²) in [5.41, 5.74) is -0.813. The molecule has 3 N–H and O–H groups in total. The minimum atomic E-state index is -4.02. The highest BCUT2D eigenvalue weighted by molar-refractivity contribution is 7.92. The number of halogens is 3. The second-order valence-corrected chi connectivity index (χ2v) is 12.9. The molecule has 0 aliphatic heterocycles. The maximum atomic E-state index is 13.8. The highest BCUT2D eigenvalue weighted by Gasteiger charge is 2.58. The number of aliphatic hydroxyl groups is 2. The molecule has 0 saturated heterocycles. The number of carbonyl (C=O) groups is 1. The first-order valence-electron chi connectivity index (χ1n) is 12.6. The second kappa shape index (κ2) is 10.6. The monoisotopic (exact) mass is 576 g/mol. The number of fused-ring (bicyclic) bond motifs is 2. The van der Waals surface area contributed by atoms with Crippen molar-refractivity contribution < 1.29 is 32.2 Å². The van der Waals surface area contributed by atoms with E-state index < -0.39 is 56.2 Å². The van der Waals surface area contributed by atoms with Gasteiger partial charge < -0.3 is 15.5 Å². The molecule has 5 rings (SSSR count). The van der Waals surface area contributed by atoms with E-state index in [-0.39, 0.29) is 40.4 Å². The standard InChI is InChI=1S/C28H27ClF2N2O5S/c29-22-8-4-16(27(35)33-20-7-9-23(30)24(31)14-20)11-25(22)39(37,38)21-12-17-5-6-18(13-21)28(17,36)26(34)15-19-3-1-2-10-32-19/h1-4,7-11,14,17-18,21,26,34,36H,5-6,12-13,15H2,(H,33,35)/t17-,18?,21?,26?,28?/m0/s1. The van der Waals surface area contributed by atoms with Crippen molar-refractivity contribution in [3.8, 4) is 0 Å². The minimum Gasteiger partial charge on any atom is -0.390 e. The zero-order valence-corrected chi connectivity index (χ0v) is 22.3. The molecule has 3 aromatic rings. The van der Waals surface area contributed by atoms with Gasteiger partial charge in [0.05, 0.1) is 26.9 Å². The number of hydrogen-bond acceptors (Lipinski definition) is 6. The Balaban J connectivity index is 1.35. The van der Waals surface area contributed by atoms with Gasteiger partial charge in [0.1, 0.15) is 0 Å². The smallest absolute Gasteiger partial charge is 0.255 e. The van der Waals surface area contributed by atoms with Gasteiger partial charge >= 0.3 is 0 Å². The minimum absolute atomic E-state index is 0.00524. The second-order valence-electron chi connectivity index (χ2n) is 10.3. The van der Waals surface area contributed by atoms with Crippen LogP contribution >= 0.6 is 11.6 Å². The van der Waals surface area contributed by atoms with Crippen LogP contribution in [0.4, 0.5) is 14.5 Å². The average molecular weight is 577 g/mol. The summed E-state index contributed by atoms with van der Waals surface area (Å²) < 4.78 is 54.3. The van der Waals surface area contributed by atoms with E-state index in [2.05, 4.69) is 10.3 Å². The number of hydrogen-bond donors (Lipinski definition) is 3. The van der Waals surface area contributed by atoms with Gasteiger partial charge in [0.25, 0.3) is 5.91 Å². The van der Waals surface area contributed by atoms with E-state index in [9.17, 15) is 32.2 Å². The summed E-state index contributed by atoms with van der Waals surface area (Å²) in [6, 6.07) is 12.0. The molecule has 2 saturated carbocycles. The molecule has 2 aromatic carbocycles. The number of pyridine rings is 1. The molecule has 1 amide bonds. The number of nitrogens with one attached hydrogen (secondary N) is 1. The lowest BCUT2D eigenvalue weighted by atomic mass is 9.70. The normalized spacial score (nSPS) is 25.3. The molecule has 7 nitrogen and oxygen atoms in total. The van der Waals surface area contributed by atoms with Gasteiger partial charge in [-0.3, -0.25) is 9.78 Å². The van der Waals surface area contributed by atoms with Gasteiger partial charge in [-0.25, -0.2) is 17.2 Å². The first-order valence-corrected chi connectivity index (χ1v) is 14.5. The molecular formula is C28H27ClF2N2O5S. The first-order chi connectivity index (χ1) is 18.5. The van der Waals surface area contributed by atoms with Crippen molar-refractivity contribution in [2.75, 3.05) is 5.32 Å². The highest BCUT2D eigenvalue weighted by atomic mass is 35.5. The molecule has 1 aromatic heterocycles. The summed E-state index contributed by atoms with van der Waals surface area (Å²) in [7, 11) is -4.02. The lowest BCUT2D eigenvalue weighted by Crippen LogP contribution is -2.56. The molecule has 39 heavy (non-hydrogen) atoms. The van der Waals surface area contributed by atoms with Crippen LogP contribution in [0.1, 0.15) is 41.7 Å². The van der Waals surface area contributed by atoms with E-state index in [1.165, 1.54) is 24.3 Å². The van der Waals surface area contributed by atoms with Gasteiger partial charge in [-0.2, -0.15) is 0 Å². The number of benzene rings is 2. The van der Waals surface area contributed by atoms with E-state index in [1.54, 1.807) is 24.4 Å². The van der Waals surface area contributed by atoms with Crippen molar-refractivity contribution in [3.63, 3.8) is 0 Å². The van der Waals surface area contributed by atoms with Crippen LogP contribution < -0.4 is 5.32 Å². The van der Waals surface area contributed by atoms with Crippen molar-refractivity contribution >= 4 is 33.0 Å². The fourth-order valence-corrected chi connectivity index (χ4v) is 8.44. The number of amides is 1. The van der Waals surface area contributed by atoms with Crippen LogP contribution in [-0.4, -0.2) is 46.5 Å². The molecule has 11 heteroatoms. The van der Waals surface area contributed by atoms with Crippen molar-refractivity contribution in [1.29, 1.82) is 0 Å². The largest absolute Gasteiger partial charge is 0.390 e. The topological polar surface area (TPSA) is 117 Å². The number of nitrogens with zero attached hydrogens (tertiary/aromatic N) is 1. The highest BCUT2D eigenvalue weighted by Crippen LogP contribution is 2.54. The van der Waals surface area contributed by atoms with Crippen LogP contribution in [0.5, 0.6) is 0 Å². The summed E-state index contributed by atoms with van der Waals surface area (Å²) in [4.78, 5) is 16.8. The van der Waals surface area contributed by atoms with E-state index in [0.29, 0.717) is 18.5 Å². The number of carbonyl (C=O) groups excluding carboxylic acids is 1. The maximum Gasteiger partial charge on any atom is 0.255 e. The van der Waals surface area contributed by atoms with Gasteiger partial charge in [0, 0.05) is 35.6 Å². The van der Waals surface area contributed by atoms with Crippen LogP contribution in [0.25, 0.3) is 0 Å². The summed E-state index contributed by atoms with van der Waals surface area (Å²) in [5.74, 6) is -3.79. The summed E-state index contributed by atoms with van der Waals surface area (Å²) in [5, 5.41) is 24.1. The fraction of sp³-hybridized carbons (Fsp3) is 0.357. The Hall–Kier alpha value is -2.92. The Morgan fingerprint density at radius 1 is 1.08 bits per heavy atom. The zero-order chi connectivity index (χ0) is 27.9. The van der Waals surface area contributed by atoms with Gasteiger partial charge in [-0.15, -0.1) is 0 Å². The van der Waals surface area contributed by atoms with E-state index in [4.69, 9.17) is 11.6 Å². The quantitative estimate of drug-likeness (QED) is 0.380.